The van der Waals surface area contributed by atoms with Gasteiger partial charge >= 0.3 is 0 Å². The molecule has 0 radical (unpaired) electrons. The molecule has 3 nitrogen and oxygen atoms in total. The van der Waals surface area contributed by atoms with Crippen molar-refractivity contribution in [1.29, 1.82) is 0 Å². The molecule has 0 fully saturated rings. The van der Waals surface area contributed by atoms with E-state index in [9.17, 15) is 4.79 Å². The van der Waals surface area contributed by atoms with Crippen LogP contribution in [0.3, 0.4) is 0 Å². The molecule has 4 heteroatoms. The summed E-state index contributed by atoms with van der Waals surface area (Å²) < 4.78 is 5.88. The second-order valence-corrected chi connectivity index (χ2v) is 7.11. The molecule has 3 aromatic carbocycles. The lowest BCUT2D eigenvalue weighted by Gasteiger charge is -2.13. The Kier molecular flexibility index (Phi) is 7.10. The van der Waals surface area contributed by atoms with E-state index in [4.69, 9.17) is 16.3 Å². The van der Waals surface area contributed by atoms with Crippen LogP contribution in [0.2, 0.25) is 5.02 Å². The van der Waals surface area contributed by atoms with E-state index in [1.807, 2.05) is 42.5 Å². The number of carbonyl (C=O) groups excluding carboxylic acids is 1. The molecule has 0 spiro atoms. The second kappa shape index (κ2) is 9.95. The van der Waals surface area contributed by atoms with Crippen molar-refractivity contribution in [3.63, 3.8) is 0 Å². The molecule has 3 aromatic rings. The summed E-state index contributed by atoms with van der Waals surface area (Å²) in [5.74, 6) is 0.261. The van der Waals surface area contributed by atoms with Crippen molar-refractivity contribution >= 4 is 23.2 Å². The Morgan fingerprint density at radius 1 is 0.964 bits per heavy atom. The lowest BCUT2D eigenvalue weighted by atomic mass is 10.1. The summed E-state index contributed by atoms with van der Waals surface area (Å²) in [4.78, 5) is 12.8. The molecular formula is C24H24ClNO2. The molecule has 0 aliphatic rings. The van der Waals surface area contributed by atoms with Gasteiger partial charge in [-0.15, -0.1) is 0 Å². The maximum Gasteiger partial charge on any atom is 0.259 e. The number of hydrogen-bond donors (Lipinski definition) is 1. The van der Waals surface area contributed by atoms with Crippen molar-refractivity contribution in [2.45, 2.75) is 32.8 Å². The number of anilines is 1. The zero-order valence-corrected chi connectivity index (χ0v) is 16.7. The van der Waals surface area contributed by atoms with E-state index in [0.29, 0.717) is 22.9 Å². The van der Waals surface area contributed by atoms with E-state index in [0.717, 1.165) is 24.1 Å². The summed E-state index contributed by atoms with van der Waals surface area (Å²) in [6.45, 7) is 2.56. The van der Waals surface area contributed by atoms with E-state index >= 15 is 0 Å². The van der Waals surface area contributed by atoms with Gasteiger partial charge in [0.2, 0.25) is 0 Å². The quantitative estimate of drug-likeness (QED) is 0.473. The number of hydrogen-bond acceptors (Lipinski definition) is 2. The van der Waals surface area contributed by atoms with Crippen molar-refractivity contribution in [3.05, 3.63) is 94.5 Å². The average molecular weight is 394 g/mol. The normalized spacial score (nSPS) is 10.5. The summed E-state index contributed by atoms with van der Waals surface area (Å²) in [6.07, 6.45) is 3.38. The first-order chi connectivity index (χ1) is 13.7. The largest absolute Gasteiger partial charge is 0.488 e. The zero-order chi connectivity index (χ0) is 19.8. The highest BCUT2D eigenvalue weighted by Crippen LogP contribution is 2.25. The Labute approximate surface area is 171 Å². The summed E-state index contributed by atoms with van der Waals surface area (Å²) in [6, 6.07) is 22.9. The first-order valence-corrected chi connectivity index (χ1v) is 9.90. The molecule has 1 N–H and O–H groups in total. The molecule has 0 atom stereocenters. The summed E-state index contributed by atoms with van der Waals surface area (Å²) in [5, 5.41) is 3.42. The zero-order valence-electron chi connectivity index (χ0n) is 16.0. The smallest absolute Gasteiger partial charge is 0.259 e. The molecule has 144 valence electrons. The molecule has 0 saturated carbocycles. The minimum absolute atomic E-state index is 0.244. The first-order valence-electron chi connectivity index (χ1n) is 9.52. The van der Waals surface area contributed by atoms with E-state index in [-0.39, 0.29) is 5.91 Å². The van der Waals surface area contributed by atoms with Gasteiger partial charge in [0.25, 0.3) is 5.91 Å². The standard InChI is InChI=1S/C24H24ClNO2/c1-2-3-7-18-10-13-21(14-11-18)26-24(27)22-16-20(25)12-15-23(22)28-17-19-8-5-4-6-9-19/h4-6,8-16H,2-3,7,17H2,1H3,(H,26,27). The van der Waals surface area contributed by atoms with E-state index < -0.39 is 0 Å². The number of halogens is 1. The third kappa shape index (κ3) is 5.61. The molecule has 0 aliphatic heterocycles. The van der Waals surface area contributed by atoms with Crippen molar-refractivity contribution in [2.24, 2.45) is 0 Å². The van der Waals surface area contributed by atoms with Crippen LogP contribution in [0.15, 0.2) is 72.8 Å². The molecule has 1 amide bonds. The van der Waals surface area contributed by atoms with Crippen LogP contribution < -0.4 is 10.1 Å². The Bertz CT molecular complexity index is 908. The molecule has 0 aromatic heterocycles. The van der Waals surface area contributed by atoms with Gasteiger partial charge < -0.3 is 10.1 Å². The Hall–Kier alpha value is -2.78. The highest BCUT2D eigenvalue weighted by Gasteiger charge is 2.14. The number of amides is 1. The predicted octanol–water partition coefficient (Wildman–Crippen LogP) is 6.51. The molecular weight excluding hydrogens is 370 g/mol. The van der Waals surface area contributed by atoms with Gasteiger partial charge in [0.05, 0.1) is 5.56 Å². The second-order valence-electron chi connectivity index (χ2n) is 6.67. The van der Waals surface area contributed by atoms with Gasteiger partial charge in [-0.2, -0.15) is 0 Å². The average Bonchev–Trinajstić information content (AvgIpc) is 2.73. The van der Waals surface area contributed by atoms with Gasteiger partial charge in [0.15, 0.2) is 0 Å². The topological polar surface area (TPSA) is 38.3 Å². The monoisotopic (exact) mass is 393 g/mol. The van der Waals surface area contributed by atoms with Crippen LogP contribution in [0, 0.1) is 0 Å². The Morgan fingerprint density at radius 3 is 2.43 bits per heavy atom. The Morgan fingerprint density at radius 2 is 1.71 bits per heavy atom. The van der Waals surface area contributed by atoms with Crippen LogP contribution in [0.25, 0.3) is 0 Å². The number of benzene rings is 3. The van der Waals surface area contributed by atoms with E-state index in [1.54, 1.807) is 18.2 Å². The minimum Gasteiger partial charge on any atom is -0.488 e. The van der Waals surface area contributed by atoms with Gasteiger partial charge in [-0.25, -0.2) is 0 Å². The molecule has 3 rings (SSSR count). The van der Waals surface area contributed by atoms with E-state index in [2.05, 4.69) is 24.4 Å². The van der Waals surface area contributed by atoms with Crippen molar-refractivity contribution in [3.8, 4) is 5.75 Å². The van der Waals surface area contributed by atoms with Gasteiger partial charge in [-0.1, -0.05) is 67.4 Å². The van der Waals surface area contributed by atoms with Gasteiger partial charge in [0, 0.05) is 10.7 Å². The number of aryl methyl sites for hydroxylation is 1. The summed E-state index contributed by atoms with van der Waals surface area (Å²) in [7, 11) is 0. The Balaban J connectivity index is 1.70. The molecule has 28 heavy (non-hydrogen) atoms. The molecule has 0 bridgehead atoms. The minimum atomic E-state index is -0.244. The number of nitrogens with one attached hydrogen (secondary N) is 1. The fourth-order valence-corrected chi connectivity index (χ4v) is 3.05. The van der Waals surface area contributed by atoms with Crippen molar-refractivity contribution in [2.75, 3.05) is 5.32 Å². The van der Waals surface area contributed by atoms with Crippen LogP contribution in [0.1, 0.15) is 41.3 Å². The highest BCUT2D eigenvalue weighted by molar-refractivity contribution is 6.31. The maximum absolute atomic E-state index is 12.8. The number of ether oxygens (including phenoxy) is 1. The van der Waals surface area contributed by atoms with Crippen LogP contribution in [-0.2, 0) is 13.0 Å². The fraction of sp³-hybridized carbons (Fsp3) is 0.208. The lowest BCUT2D eigenvalue weighted by Crippen LogP contribution is -2.14. The summed E-state index contributed by atoms with van der Waals surface area (Å²) in [5.41, 5.74) is 3.47. The van der Waals surface area contributed by atoms with Crippen molar-refractivity contribution in [1.82, 2.24) is 0 Å². The third-order valence-electron chi connectivity index (χ3n) is 4.45. The summed E-state index contributed by atoms with van der Waals surface area (Å²) >= 11 is 6.11. The first kappa shape index (κ1) is 20.0. The van der Waals surface area contributed by atoms with Gasteiger partial charge in [-0.05, 0) is 54.3 Å². The number of carbonyl (C=O) groups is 1. The molecule has 0 heterocycles. The van der Waals surface area contributed by atoms with Gasteiger partial charge in [0.1, 0.15) is 12.4 Å². The molecule has 0 aliphatic carbocycles. The SMILES string of the molecule is CCCCc1ccc(NC(=O)c2cc(Cl)ccc2OCc2ccccc2)cc1. The van der Waals surface area contributed by atoms with Crippen LogP contribution in [0.4, 0.5) is 5.69 Å². The van der Waals surface area contributed by atoms with E-state index in [1.165, 1.54) is 12.0 Å². The highest BCUT2D eigenvalue weighted by atomic mass is 35.5. The maximum atomic E-state index is 12.8. The van der Waals surface area contributed by atoms with Crippen LogP contribution >= 0.6 is 11.6 Å². The lowest BCUT2D eigenvalue weighted by molar-refractivity contribution is 0.102. The molecule has 0 unspecified atom stereocenters. The predicted molar refractivity (Wildman–Crippen MR) is 115 cm³/mol. The third-order valence-corrected chi connectivity index (χ3v) is 4.69. The van der Waals surface area contributed by atoms with Gasteiger partial charge in [-0.3, -0.25) is 4.79 Å². The fourth-order valence-electron chi connectivity index (χ4n) is 2.87. The number of unbranched alkanes of at least 4 members (excludes halogenated alkanes) is 1. The van der Waals surface area contributed by atoms with Crippen molar-refractivity contribution < 1.29 is 9.53 Å². The van der Waals surface area contributed by atoms with Crippen LogP contribution in [-0.4, -0.2) is 5.91 Å². The number of rotatable bonds is 8. The van der Waals surface area contributed by atoms with Crippen LogP contribution in [0.5, 0.6) is 5.75 Å². The molecule has 0 saturated heterocycles.